The summed E-state index contributed by atoms with van der Waals surface area (Å²) in [6.45, 7) is 7.53. The molecule has 0 atom stereocenters. The fourth-order valence-corrected chi connectivity index (χ4v) is 1.87. The first-order valence-electron chi connectivity index (χ1n) is 5.76. The summed E-state index contributed by atoms with van der Waals surface area (Å²) < 4.78 is 10.6. The predicted molar refractivity (Wildman–Crippen MR) is 75.2 cm³/mol. The lowest BCUT2D eigenvalue weighted by Gasteiger charge is -2.22. The molecule has 106 valence electrons. The molecule has 0 saturated heterocycles. The maximum atomic E-state index is 11.9. The van der Waals surface area contributed by atoms with E-state index in [0.717, 1.165) is 0 Å². The van der Waals surface area contributed by atoms with Crippen molar-refractivity contribution in [2.45, 2.75) is 38.5 Å². The van der Waals surface area contributed by atoms with Gasteiger partial charge in [-0.15, -0.1) is 0 Å². The predicted octanol–water partition coefficient (Wildman–Crippen LogP) is 3.21. The lowest BCUT2D eigenvalue weighted by atomic mass is 10.2. The number of aromatic nitrogens is 2. The molecule has 0 N–H and O–H groups in total. The van der Waals surface area contributed by atoms with Crippen LogP contribution < -0.4 is 4.74 Å². The fourth-order valence-electron chi connectivity index (χ4n) is 1.23. The fraction of sp³-hybridized carbons (Fsp3) is 0.583. The molecule has 7 heteroatoms. The molecule has 0 fully saturated rings. The van der Waals surface area contributed by atoms with Crippen molar-refractivity contribution in [3.63, 3.8) is 0 Å². The van der Waals surface area contributed by atoms with Crippen LogP contribution in [0.25, 0.3) is 0 Å². The summed E-state index contributed by atoms with van der Waals surface area (Å²) in [5, 5.41) is 0.481. The van der Waals surface area contributed by atoms with Gasteiger partial charge in [0, 0.05) is 0 Å². The molecule has 0 aliphatic carbocycles. The van der Waals surface area contributed by atoms with E-state index in [4.69, 9.17) is 21.1 Å². The molecule has 0 aromatic carbocycles. The maximum Gasteiger partial charge on any atom is 0.346 e. The van der Waals surface area contributed by atoms with E-state index in [0.29, 0.717) is 5.16 Å². The Bertz CT molecular complexity index is 475. The first kappa shape index (κ1) is 16.0. The van der Waals surface area contributed by atoms with E-state index in [9.17, 15) is 4.79 Å². The number of nitrogens with zero attached hydrogens (tertiary/aromatic N) is 2. The molecule has 19 heavy (non-hydrogen) atoms. The van der Waals surface area contributed by atoms with Crippen LogP contribution in [0.15, 0.2) is 5.16 Å². The number of thioether (sulfide) groups is 1. The second kappa shape index (κ2) is 6.43. The van der Waals surface area contributed by atoms with Crippen LogP contribution in [0.1, 0.15) is 38.1 Å². The highest BCUT2D eigenvalue weighted by atomic mass is 35.5. The van der Waals surface area contributed by atoms with Gasteiger partial charge in [0.15, 0.2) is 15.9 Å². The quantitative estimate of drug-likeness (QED) is 0.368. The molecule has 5 nitrogen and oxygen atoms in total. The number of hydrogen-bond acceptors (Lipinski definition) is 6. The van der Waals surface area contributed by atoms with Crippen LogP contribution in [0, 0.1) is 0 Å². The van der Waals surface area contributed by atoms with Gasteiger partial charge in [-0.1, -0.05) is 23.4 Å². The number of ether oxygens (including phenoxy) is 2. The highest BCUT2D eigenvalue weighted by Crippen LogP contribution is 2.29. The molecule has 0 bridgehead atoms. The van der Waals surface area contributed by atoms with Gasteiger partial charge in [-0.3, -0.25) is 0 Å². The van der Waals surface area contributed by atoms with E-state index in [-0.39, 0.29) is 23.2 Å². The Balaban J connectivity index is 3.29. The zero-order valence-electron chi connectivity index (χ0n) is 11.6. The number of rotatable bonds is 4. The standard InChI is InChI=1S/C12H17ClN2O3S/c1-6-17-10(16)7-8(13)14-11(19-5)15-9(7)18-12(2,3)4/h6H2,1-5H3. The Hall–Kier alpha value is -1.01. The van der Waals surface area contributed by atoms with Crippen molar-refractivity contribution in [2.24, 2.45) is 0 Å². The molecule has 0 unspecified atom stereocenters. The van der Waals surface area contributed by atoms with Gasteiger partial charge in [0.2, 0.25) is 5.88 Å². The van der Waals surface area contributed by atoms with Gasteiger partial charge in [0.25, 0.3) is 0 Å². The van der Waals surface area contributed by atoms with Gasteiger partial charge in [0.05, 0.1) is 6.61 Å². The minimum atomic E-state index is -0.584. The summed E-state index contributed by atoms with van der Waals surface area (Å²) in [7, 11) is 0. The first-order valence-corrected chi connectivity index (χ1v) is 7.36. The summed E-state index contributed by atoms with van der Waals surface area (Å²) >= 11 is 7.35. The number of carbonyl (C=O) groups is 1. The van der Waals surface area contributed by atoms with Crippen LogP contribution in [-0.2, 0) is 4.74 Å². The first-order chi connectivity index (χ1) is 8.78. The van der Waals surface area contributed by atoms with Crippen molar-refractivity contribution in [3.05, 3.63) is 10.7 Å². The van der Waals surface area contributed by atoms with Crippen LogP contribution in [0.2, 0.25) is 5.15 Å². The van der Waals surface area contributed by atoms with E-state index in [1.807, 2.05) is 27.0 Å². The van der Waals surface area contributed by atoms with Crippen molar-refractivity contribution >= 4 is 29.3 Å². The summed E-state index contributed by atoms with van der Waals surface area (Å²) in [6.07, 6.45) is 1.82. The molecule has 1 aromatic heterocycles. The van der Waals surface area contributed by atoms with Gasteiger partial charge < -0.3 is 9.47 Å². The lowest BCUT2D eigenvalue weighted by molar-refractivity contribution is 0.0508. The number of esters is 1. The summed E-state index contributed by atoms with van der Waals surface area (Å²) in [4.78, 5) is 20.1. The molecule has 1 heterocycles. The van der Waals surface area contributed by atoms with Crippen LogP contribution in [0.3, 0.4) is 0 Å². The number of hydrogen-bond donors (Lipinski definition) is 0. The Morgan fingerprint density at radius 3 is 2.47 bits per heavy atom. The molecule has 1 rings (SSSR count). The minimum Gasteiger partial charge on any atom is -0.471 e. The van der Waals surface area contributed by atoms with E-state index in [2.05, 4.69) is 9.97 Å². The van der Waals surface area contributed by atoms with Gasteiger partial charge in [-0.2, -0.15) is 4.98 Å². The number of carbonyl (C=O) groups excluding carboxylic acids is 1. The van der Waals surface area contributed by atoms with Gasteiger partial charge >= 0.3 is 5.97 Å². The largest absolute Gasteiger partial charge is 0.471 e. The van der Waals surface area contributed by atoms with Crippen molar-refractivity contribution in [2.75, 3.05) is 12.9 Å². The highest BCUT2D eigenvalue weighted by molar-refractivity contribution is 7.98. The average molecular weight is 305 g/mol. The maximum absolute atomic E-state index is 11.9. The van der Waals surface area contributed by atoms with Crippen LogP contribution in [0.5, 0.6) is 5.88 Å². The van der Waals surface area contributed by atoms with E-state index < -0.39 is 11.6 Å². The van der Waals surface area contributed by atoms with Crippen LogP contribution in [0.4, 0.5) is 0 Å². The highest BCUT2D eigenvalue weighted by Gasteiger charge is 2.25. The Morgan fingerprint density at radius 2 is 2.00 bits per heavy atom. The molecule has 0 radical (unpaired) electrons. The molecular formula is C12H17ClN2O3S. The smallest absolute Gasteiger partial charge is 0.346 e. The Morgan fingerprint density at radius 1 is 1.37 bits per heavy atom. The normalized spacial score (nSPS) is 11.3. The molecular weight excluding hydrogens is 288 g/mol. The average Bonchev–Trinajstić information content (AvgIpc) is 2.26. The van der Waals surface area contributed by atoms with Gasteiger partial charge in [0.1, 0.15) is 5.60 Å². The topological polar surface area (TPSA) is 61.3 Å². The molecule has 0 spiro atoms. The molecule has 0 amide bonds. The van der Waals surface area contributed by atoms with Gasteiger partial charge in [-0.05, 0) is 34.0 Å². The summed E-state index contributed by atoms with van der Waals surface area (Å²) in [6, 6.07) is 0. The molecule has 0 aliphatic heterocycles. The summed E-state index contributed by atoms with van der Waals surface area (Å²) in [5.41, 5.74) is -0.439. The third kappa shape index (κ3) is 4.54. The second-order valence-corrected chi connectivity index (χ2v) is 5.75. The van der Waals surface area contributed by atoms with Crippen molar-refractivity contribution in [1.82, 2.24) is 9.97 Å². The molecule has 0 saturated carbocycles. The zero-order chi connectivity index (χ0) is 14.6. The Labute approximate surface area is 122 Å². The van der Waals surface area contributed by atoms with Crippen LogP contribution >= 0.6 is 23.4 Å². The molecule has 1 aromatic rings. The zero-order valence-corrected chi connectivity index (χ0v) is 13.2. The minimum absolute atomic E-state index is 0.0389. The van der Waals surface area contributed by atoms with Crippen molar-refractivity contribution in [1.29, 1.82) is 0 Å². The van der Waals surface area contributed by atoms with Crippen molar-refractivity contribution < 1.29 is 14.3 Å². The third-order valence-electron chi connectivity index (χ3n) is 1.88. The monoisotopic (exact) mass is 304 g/mol. The third-order valence-corrected chi connectivity index (χ3v) is 2.70. The van der Waals surface area contributed by atoms with E-state index in [1.165, 1.54) is 11.8 Å². The van der Waals surface area contributed by atoms with E-state index in [1.54, 1.807) is 6.92 Å². The van der Waals surface area contributed by atoms with E-state index >= 15 is 0 Å². The molecule has 0 aliphatic rings. The Kier molecular flexibility index (Phi) is 5.43. The van der Waals surface area contributed by atoms with Crippen molar-refractivity contribution in [3.8, 4) is 5.88 Å². The van der Waals surface area contributed by atoms with Gasteiger partial charge in [-0.25, -0.2) is 9.78 Å². The second-order valence-electron chi connectivity index (χ2n) is 4.62. The van der Waals surface area contributed by atoms with Crippen LogP contribution in [-0.4, -0.2) is 34.4 Å². The lowest BCUT2D eigenvalue weighted by Crippen LogP contribution is -2.25. The number of halogens is 1. The summed E-state index contributed by atoms with van der Waals surface area (Å²) in [5.74, 6) is -0.435. The SMILES string of the molecule is CCOC(=O)c1c(Cl)nc(SC)nc1OC(C)(C)C.